The van der Waals surface area contributed by atoms with E-state index >= 15 is 0 Å². The first-order valence-electron chi connectivity index (χ1n) is 9.29. The van der Waals surface area contributed by atoms with Crippen molar-refractivity contribution >= 4 is 49.9 Å². The van der Waals surface area contributed by atoms with Gasteiger partial charge in [-0.25, -0.2) is 5.43 Å². The van der Waals surface area contributed by atoms with Crippen molar-refractivity contribution in [2.75, 3.05) is 18.6 Å². The quantitative estimate of drug-likeness (QED) is 0.589. The van der Waals surface area contributed by atoms with Gasteiger partial charge in [-0.2, -0.15) is 5.10 Å². The Morgan fingerprint density at radius 1 is 1.13 bits per heavy atom. The highest BCUT2D eigenvalue weighted by Crippen LogP contribution is 2.36. The fourth-order valence-corrected chi connectivity index (χ4v) is 3.91. The normalized spacial score (nSPS) is 18.6. The van der Waals surface area contributed by atoms with Crippen LogP contribution in [-0.4, -0.2) is 37.3 Å². The number of hydrogen-bond acceptors (Lipinski definition) is 5. The summed E-state index contributed by atoms with van der Waals surface area (Å²) < 4.78 is 12.4. The first kappa shape index (κ1) is 18.6. The molecule has 7 nitrogen and oxygen atoms in total. The van der Waals surface area contributed by atoms with E-state index in [1.807, 2.05) is 48.5 Å². The lowest BCUT2D eigenvalue weighted by molar-refractivity contribution is -0.130. The number of anilines is 1. The maximum absolute atomic E-state index is 12.6. The van der Waals surface area contributed by atoms with Crippen molar-refractivity contribution in [2.45, 2.75) is 6.10 Å². The Morgan fingerprint density at radius 3 is 2.63 bits per heavy atom. The molecule has 0 saturated heterocycles. The first-order chi connectivity index (χ1) is 14.5. The van der Waals surface area contributed by atoms with E-state index in [0.717, 1.165) is 20.9 Å². The lowest BCUT2D eigenvalue weighted by Crippen LogP contribution is -2.43. The summed E-state index contributed by atoms with van der Waals surface area (Å²) in [6.07, 6.45) is -0.876. The number of ether oxygens (including phenoxy) is 2. The molecule has 0 spiro atoms. The van der Waals surface area contributed by atoms with Gasteiger partial charge in [-0.1, -0.05) is 40.2 Å². The lowest BCUT2D eigenvalue weighted by Gasteiger charge is -2.25. The van der Waals surface area contributed by atoms with Gasteiger partial charge in [0.2, 0.25) is 6.10 Å². The first-order valence-corrected chi connectivity index (χ1v) is 10.1. The van der Waals surface area contributed by atoms with Crippen molar-refractivity contribution in [1.82, 2.24) is 5.43 Å². The van der Waals surface area contributed by atoms with E-state index in [9.17, 15) is 9.59 Å². The van der Waals surface area contributed by atoms with Crippen LogP contribution in [0.5, 0.6) is 11.5 Å². The number of rotatable bonds is 2. The lowest BCUT2D eigenvalue weighted by atomic mass is 10.1. The number of carbonyl (C=O) groups excluding carboxylic acids is 2. The standard InChI is InChI=1S/C22H16BrN3O4/c1-26-16-7-6-14(23)10-15(16)20(22(26)28)24-25-21(27)19-11-29-17-8-12-4-2-3-5-13(12)9-18(17)30-19/h2-10,19H,11H2,1H3,(H,25,27)/b24-20+/t19-/m0/s1. The predicted molar refractivity (Wildman–Crippen MR) is 116 cm³/mol. The largest absolute Gasteiger partial charge is 0.485 e. The minimum Gasteiger partial charge on any atom is -0.485 e. The molecule has 150 valence electrons. The van der Waals surface area contributed by atoms with Crippen molar-refractivity contribution in [2.24, 2.45) is 5.10 Å². The van der Waals surface area contributed by atoms with Crippen molar-refractivity contribution < 1.29 is 19.1 Å². The molecule has 2 aliphatic heterocycles. The molecule has 2 aliphatic rings. The number of nitrogens with one attached hydrogen (secondary N) is 1. The summed E-state index contributed by atoms with van der Waals surface area (Å²) in [4.78, 5) is 26.7. The predicted octanol–water partition coefficient (Wildman–Crippen LogP) is 3.24. The molecule has 3 aromatic carbocycles. The van der Waals surface area contributed by atoms with E-state index in [1.54, 1.807) is 13.1 Å². The molecule has 0 saturated carbocycles. The average Bonchev–Trinajstić information content (AvgIpc) is 2.99. The Labute approximate surface area is 180 Å². The van der Waals surface area contributed by atoms with Crippen molar-refractivity contribution in [3.63, 3.8) is 0 Å². The van der Waals surface area contributed by atoms with E-state index in [-0.39, 0.29) is 18.2 Å². The minimum absolute atomic E-state index is 0.0536. The Bertz CT molecular complexity index is 1240. The number of hydrazone groups is 1. The van der Waals surface area contributed by atoms with Crippen molar-refractivity contribution in [1.29, 1.82) is 0 Å². The summed E-state index contributed by atoms with van der Waals surface area (Å²) in [7, 11) is 1.67. The molecule has 1 N–H and O–H groups in total. The Morgan fingerprint density at radius 2 is 1.87 bits per heavy atom. The molecule has 0 fully saturated rings. The number of likely N-dealkylation sites (N-methyl/N-ethyl adjacent to an activating group) is 1. The number of carbonyl (C=O) groups is 2. The van der Waals surface area contributed by atoms with Crippen LogP contribution in [0.2, 0.25) is 0 Å². The van der Waals surface area contributed by atoms with Gasteiger partial charge < -0.3 is 14.4 Å². The Hall–Kier alpha value is -3.39. The van der Waals surface area contributed by atoms with Crippen molar-refractivity contribution in [3.8, 4) is 11.5 Å². The monoisotopic (exact) mass is 465 g/mol. The zero-order valence-corrected chi connectivity index (χ0v) is 17.5. The zero-order chi connectivity index (χ0) is 20.8. The molecule has 0 bridgehead atoms. The molecule has 2 heterocycles. The average molecular weight is 466 g/mol. The molecule has 5 rings (SSSR count). The number of hydrogen-bond donors (Lipinski definition) is 1. The summed E-state index contributed by atoms with van der Waals surface area (Å²) in [6.45, 7) is 0.0536. The number of nitrogens with zero attached hydrogens (tertiary/aromatic N) is 2. The van der Waals surface area contributed by atoms with E-state index in [1.165, 1.54) is 4.90 Å². The van der Waals surface area contributed by atoms with Crippen LogP contribution in [0.25, 0.3) is 10.8 Å². The number of amides is 2. The van der Waals surface area contributed by atoms with Gasteiger partial charge in [-0.15, -0.1) is 0 Å². The summed E-state index contributed by atoms with van der Waals surface area (Å²) in [5.74, 6) is 0.315. The molecule has 8 heteroatoms. The van der Waals surface area contributed by atoms with Gasteiger partial charge in [-0.3, -0.25) is 9.59 Å². The van der Waals surface area contributed by atoms with Gasteiger partial charge in [0.1, 0.15) is 6.61 Å². The van der Waals surface area contributed by atoms with Crippen LogP contribution in [0.15, 0.2) is 64.2 Å². The molecular formula is C22H16BrN3O4. The van der Waals surface area contributed by atoms with E-state index in [0.29, 0.717) is 17.1 Å². The fourth-order valence-electron chi connectivity index (χ4n) is 3.55. The molecule has 2 amide bonds. The van der Waals surface area contributed by atoms with Gasteiger partial charge in [0.25, 0.3) is 11.8 Å². The van der Waals surface area contributed by atoms with Crippen LogP contribution in [0.4, 0.5) is 5.69 Å². The third kappa shape index (κ3) is 3.09. The molecule has 0 aliphatic carbocycles. The molecule has 30 heavy (non-hydrogen) atoms. The van der Waals surface area contributed by atoms with Crippen LogP contribution in [0.1, 0.15) is 5.56 Å². The topological polar surface area (TPSA) is 80.2 Å². The molecule has 1 atom stereocenters. The second-order valence-electron chi connectivity index (χ2n) is 7.03. The summed E-state index contributed by atoms with van der Waals surface area (Å²) in [6, 6.07) is 17.0. The van der Waals surface area contributed by atoms with Crippen molar-refractivity contribution in [3.05, 3.63) is 64.6 Å². The van der Waals surface area contributed by atoms with Gasteiger partial charge in [-0.05, 0) is 41.1 Å². The number of halogens is 1. The molecule has 0 radical (unpaired) electrons. The zero-order valence-electron chi connectivity index (χ0n) is 15.9. The summed E-state index contributed by atoms with van der Waals surface area (Å²) >= 11 is 3.40. The SMILES string of the molecule is CN1C(=O)/C(=N/NC(=O)[C@@H]2COc3cc4ccccc4cc3O2)c2cc(Br)ccc21. The van der Waals surface area contributed by atoms with Crippen LogP contribution in [0, 0.1) is 0 Å². The highest BCUT2D eigenvalue weighted by atomic mass is 79.9. The second kappa shape index (κ2) is 7.14. The van der Waals surface area contributed by atoms with E-state index in [4.69, 9.17) is 9.47 Å². The van der Waals surface area contributed by atoms with Crippen LogP contribution < -0.4 is 19.8 Å². The molecule has 0 aromatic heterocycles. The summed E-state index contributed by atoms with van der Waals surface area (Å²) in [5, 5.41) is 6.11. The third-order valence-corrected chi connectivity index (χ3v) is 5.62. The number of fused-ring (bicyclic) bond motifs is 3. The van der Waals surface area contributed by atoms with E-state index < -0.39 is 12.0 Å². The van der Waals surface area contributed by atoms with E-state index in [2.05, 4.69) is 26.5 Å². The van der Waals surface area contributed by atoms with Gasteiger partial charge in [0.05, 0.1) is 5.69 Å². The molecular weight excluding hydrogens is 450 g/mol. The second-order valence-corrected chi connectivity index (χ2v) is 7.94. The van der Waals surface area contributed by atoms with Crippen LogP contribution in [0.3, 0.4) is 0 Å². The third-order valence-electron chi connectivity index (χ3n) is 5.12. The highest BCUT2D eigenvalue weighted by molar-refractivity contribution is 9.10. The maximum atomic E-state index is 12.6. The highest BCUT2D eigenvalue weighted by Gasteiger charge is 2.33. The number of benzene rings is 3. The smallest absolute Gasteiger partial charge is 0.284 e. The fraction of sp³-hybridized carbons (Fsp3) is 0.136. The van der Waals surface area contributed by atoms with Gasteiger partial charge in [0, 0.05) is 17.1 Å². The molecule has 3 aromatic rings. The Kier molecular flexibility index (Phi) is 4.43. The van der Waals surface area contributed by atoms with Crippen LogP contribution in [-0.2, 0) is 9.59 Å². The van der Waals surface area contributed by atoms with Gasteiger partial charge in [0.15, 0.2) is 17.2 Å². The molecule has 0 unspecified atom stereocenters. The Balaban J connectivity index is 1.36. The van der Waals surface area contributed by atoms with Gasteiger partial charge >= 0.3 is 0 Å². The van der Waals surface area contributed by atoms with Crippen LogP contribution >= 0.6 is 15.9 Å². The maximum Gasteiger partial charge on any atom is 0.284 e. The summed E-state index contributed by atoms with van der Waals surface area (Å²) in [5.41, 5.74) is 4.01. The minimum atomic E-state index is -0.876.